The van der Waals surface area contributed by atoms with Crippen LogP contribution in [0.25, 0.3) is 0 Å². The molecule has 0 saturated carbocycles. The number of nitrogens with zero attached hydrogens (tertiary/aromatic N) is 2. The second-order valence-electron chi connectivity index (χ2n) is 3.93. The van der Waals surface area contributed by atoms with Crippen molar-refractivity contribution in [1.82, 2.24) is 10.1 Å². The Bertz CT molecular complexity index is 290. The third kappa shape index (κ3) is 1.59. The quantitative estimate of drug-likeness (QED) is 0.607. The number of hydroxylamine groups is 4. The van der Waals surface area contributed by atoms with Crippen LogP contribution in [0.3, 0.4) is 0 Å². The Balaban J connectivity index is 3.10. The SMILES string of the molecule is CON1C(=O)C(=O)N(OC)C(C)(C)[C@H]1C. The van der Waals surface area contributed by atoms with Gasteiger partial charge in [0, 0.05) is 0 Å². The predicted octanol–water partition coefficient (Wildman–Crippen LogP) is -0.0529. The number of hydrogen-bond acceptors (Lipinski definition) is 4. The molecular weight excluding hydrogens is 200 g/mol. The van der Waals surface area contributed by atoms with Gasteiger partial charge in [-0.2, -0.15) is 0 Å². The van der Waals surface area contributed by atoms with E-state index in [1.807, 2.05) is 0 Å². The van der Waals surface area contributed by atoms with Crippen molar-refractivity contribution in [3.63, 3.8) is 0 Å². The first-order valence-electron chi connectivity index (χ1n) is 4.63. The summed E-state index contributed by atoms with van der Waals surface area (Å²) >= 11 is 0. The Kier molecular flexibility index (Phi) is 3.01. The molecule has 6 nitrogen and oxygen atoms in total. The molecule has 0 unspecified atom stereocenters. The first-order chi connectivity index (χ1) is 6.87. The Morgan fingerprint density at radius 2 is 1.67 bits per heavy atom. The van der Waals surface area contributed by atoms with Crippen molar-refractivity contribution in [2.45, 2.75) is 32.4 Å². The highest BCUT2D eigenvalue weighted by Crippen LogP contribution is 2.28. The zero-order valence-corrected chi connectivity index (χ0v) is 9.60. The van der Waals surface area contributed by atoms with E-state index in [1.54, 1.807) is 20.8 Å². The van der Waals surface area contributed by atoms with Gasteiger partial charge in [0.2, 0.25) is 0 Å². The summed E-state index contributed by atoms with van der Waals surface area (Å²) in [6.45, 7) is 5.40. The predicted molar refractivity (Wildman–Crippen MR) is 51.3 cm³/mol. The van der Waals surface area contributed by atoms with E-state index < -0.39 is 17.4 Å². The van der Waals surface area contributed by atoms with Gasteiger partial charge in [-0.15, -0.1) is 0 Å². The fourth-order valence-electron chi connectivity index (χ4n) is 1.63. The molecule has 0 spiro atoms. The van der Waals surface area contributed by atoms with E-state index in [1.165, 1.54) is 14.2 Å². The molecule has 1 fully saturated rings. The summed E-state index contributed by atoms with van der Waals surface area (Å²) < 4.78 is 0. The minimum absolute atomic E-state index is 0.285. The maximum atomic E-state index is 11.6. The Labute approximate surface area is 88.6 Å². The van der Waals surface area contributed by atoms with Gasteiger partial charge in [0.25, 0.3) is 0 Å². The molecule has 0 aromatic carbocycles. The highest BCUT2D eigenvalue weighted by atomic mass is 16.7. The van der Waals surface area contributed by atoms with E-state index in [2.05, 4.69) is 0 Å². The van der Waals surface area contributed by atoms with Crippen molar-refractivity contribution in [2.24, 2.45) is 0 Å². The zero-order valence-electron chi connectivity index (χ0n) is 9.60. The van der Waals surface area contributed by atoms with Gasteiger partial charge >= 0.3 is 11.8 Å². The van der Waals surface area contributed by atoms with E-state index in [0.717, 1.165) is 10.1 Å². The normalized spacial score (nSPS) is 26.1. The van der Waals surface area contributed by atoms with Crippen LogP contribution in [-0.4, -0.2) is 47.7 Å². The molecule has 0 N–H and O–H groups in total. The monoisotopic (exact) mass is 216 g/mol. The van der Waals surface area contributed by atoms with Gasteiger partial charge in [-0.1, -0.05) is 0 Å². The summed E-state index contributed by atoms with van der Waals surface area (Å²) in [6, 6.07) is -0.285. The van der Waals surface area contributed by atoms with Crippen LogP contribution in [0, 0.1) is 0 Å². The minimum Gasteiger partial charge on any atom is -0.274 e. The fourth-order valence-corrected chi connectivity index (χ4v) is 1.63. The number of amides is 2. The maximum absolute atomic E-state index is 11.6. The summed E-state index contributed by atoms with van der Waals surface area (Å²) in [5.74, 6) is -1.44. The van der Waals surface area contributed by atoms with Gasteiger partial charge in [0.1, 0.15) is 0 Å². The number of hydrogen-bond donors (Lipinski definition) is 0. The van der Waals surface area contributed by atoms with Gasteiger partial charge < -0.3 is 0 Å². The Morgan fingerprint density at radius 3 is 2.07 bits per heavy atom. The van der Waals surface area contributed by atoms with Crippen LogP contribution in [0.4, 0.5) is 0 Å². The molecule has 1 saturated heterocycles. The molecule has 0 aromatic heterocycles. The van der Waals surface area contributed by atoms with Crippen LogP contribution in [0.5, 0.6) is 0 Å². The molecule has 1 atom stereocenters. The molecule has 15 heavy (non-hydrogen) atoms. The van der Waals surface area contributed by atoms with Crippen molar-refractivity contribution in [1.29, 1.82) is 0 Å². The van der Waals surface area contributed by atoms with Gasteiger partial charge in [-0.3, -0.25) is 19.3 Å². The number of carbonyl (C=O) groups excluding carboxylic acids is 2. The second kappa shape index (κ2) is 3.79. The lowest BCUT2D eigenvalue weighted by atomic mass is 9.92. The Morgan fingerprint density at radius 1 is 1.13 bits per heavy atom. The van der Waals surface area contributed by atoms with Crippen molar-refractivity contribution in [3.8, 4) is 0 Å². The molecule has 0 aromatic rings. The molecule has 6 heteroatoms. The number of carbonyl (C=O) groups is 2. The summed E-state index contributed by atoms with van der Waals surface area (Å²) in [5.41, 5.74) is -0.629. The first-order valence-corrected chi connectivity index (χ1v) is 4.63. The molecule has 1 heterocycles. The third-order valence-corrected chi connectivity index (χ3v) is 2.84. The standard InChI is InChI=1S/C9H16N2O4/c1-6-9(2,3)11(15-5)8(13)7(12)10(6)14-4/h6H,1-5H3/t6-/m1/s1. The zero-order chi connectivity index (χ0) is 11.8. The highest BCUT2D eigenvalue weighted by molar-refractivity contribution is 6.35. The third-order valence-electron chi connectivity index (χ3n) is 2.84. The van der Waals surface area contributed by atoms with E-state index in [-0.39, 0.29) is 6.04 Å². The Hall–Kier alpha value is -1.14. The average molecular weight is 216 g/mol. The van der Waals surface area contributed by atoms with E-state index in [0.29, 0.717) is 0 Å². The molecule has 1 rings (SSSR count). The van der Waals surface area contributed by atoms with Crippen LogP contribution in [0.15, 0.2) is 0 Å². The van der Waals surface area contributed by atoms with Crippen molar-refractivity contribution >= 4 is 11.8 Å². The smallest absolute Gasteiger partial charge is 0.274 e. The second-order valence-corrected chi connectivity index (χ2v) is 3.93. The molecule has 0 bridgehead atoms. The van der Waals surface area contributed by atoms with E-state index >= 15 is 0 Å². The highest BCUT2D eigenvalue weighted by Gasteiger charge is 2.50. The molecule has 86 valence electrons. The summed E-state index contributed by atoms with van der Waals surface area (Å²) in [7, 11) is 2.72. The average Bonchev–Trinajstić information content (AvgIpc) is 2.17. The minimum atomic E-state index is -0.720. The molecular formula is C9H16N2O4. The fraction of sp³-hybridized carbons (Fsp3) is 0.778. The van der Waals surface area contributed by atoms with Crippen molar-refractivity contribution < 1.29 is 19.3 Å². The molecule has 0 radical (unpaired) electrons. The topological polar surface area (TPSA) is 59.1 Å². The lowest BCUT2D eigenvalue weighted by Gasteiger charge is -2.47. The largest absolute Gasteiger partial charge is 0.338 e. The summed E-state index contributed by atoms with van der Waals surface area (Å²) in [4.78, 5) is 33.0. The van der Waals surface area contributed by atoms with Crippen LogP contribution in [0.1, 0.15) is 20.8 Å². The molecule has 1 aliphatic rings. The lowest BCUT2D eigenvalue weighted by Crippen LogP contribution is -2.68. The first kappa shape index (κ1) is 11.9. The molecule has 1 aliphatic heterocycles. The van der Waals surface area contributed by atoms with Gasteiger partial charge in [-0.25, -0.2) is 10.1 Å². The van der Waals surface area contributed by atoms with Crippen LogP contribution in [-0.2, 0) is 19.3 Å². The molecule has 2 amide bonds. The summed E-state index contributed by atoms with van der Waals surface area (Å²) in [6.07, 6.45) is 0. The van der Waals surface area contributed by atoms with Gasteiger partial charge in [-0.05, 0) is 20.8 Å². The van der Waals surface area contributed by atoms with E-state index in [4.69, 9.17) is 9.68 Å². The lowest BCUT2D eigenvalue weighted by molar-refractivity contribution is -0.262. The number of piperazine rings is 1. The van der Waals surface area contributed by atoms with Gasteiger partial charge in [0.15, 0.2) is 0 Å². The van der Waals surface area contributed by atoms with Crippen molar-refractivity contribution in [2.75, 3.05) is 14.2 Å². The maximum Gasteiger partial charge on any atom is 0.338 e. The number of rotatable bonds is 2. The van der Waals surface area contributed by atoms with Crippen LogP contribution < -0.4 is 0 Å². The van der Waals surface area contributed by atoms with Crippen LogP contribution in [0.2, 0.25) is 0 Å². The van der Waals surface area contributed by atoms with E-state index in [9.17, 15) is 9.59 Å². The van der Waals surface area contributed by atoms with Crippen LogP contribution >= 0.6 is 0 Å². The van der Waals surface area contributed by atoms with Gasteiger partial charge in [0.05, 0.1) is 25.8 Å². The molecule has 0 aliphatic carbocycles. The summed E-state index contributed by atoms with van der Waals surface area (Å²) in [5, 5.41) is 2.15. The van der Waals surface area contributed by atoms with Crippen molar-refractivity contribution in [3.05, 3.63) is 0 Å².